The number of carbonyl (C=O) groups is 1. The van der Waals surface area contributed by atoms with Gasteiger partial charge in [-0.15, -0.1) is 0 Å². The van der Waals surface area contributed by atoms with Gasteiger partial charge in [-0.2, -0.15) is 0 Å². The van der Waals surface area contributed by atoms with E-state index in [1.807, 2.05) is 31.2 Å². The van der Waals surface area contributed by atoms with Gasteiger partial charge in [-0.05, 0) is 24.6 Å². The molecule has 1 unspecified atom stereocenters. The predicted molar refractivity (Wildman–Crippen MR) is 75.7 cm³/mol. The summed E-state index contributed by atoms with van der Waals surface area (Å²) in [4.78, 5) is 13.1. The zero-order chi connectivity index (χ0) is 14.3. The molecule has 0 radical (unpaired) electrons. The van der Waals surface area contributed by atoms with Crippen molar-refractivity contribution < 1.29 is 9.90 Å². The van der Waals surface area contributed by atoms with Crippen LogP contribution >= 0.6 is 0 Å². The number of aliphatic hydroxyl groups excluding tert-OH is 1. The van der Waals surface area contributed by atoms with E-state index in [0.717, 1.165) is 11.1 Å². The standard InChI is InChI=1S/C15H20N2O2/c1-12(16-15(19)17(2)3)14-9-6-8-13(11-14)7-4-5-10-18/h6,8-9,11-12,18H,5,10H2,1-3H3,(H,16,19). The van der Waals surface area contributed by atoms with Gasteiger partial charge in [0.1, 0.15) is 0 Å². The quantitative estimate of drug-likeness (QED) is 0.814. The first-order valence-corrected chi connectivity index (χ1v) is 6.22. The molecule has 1 rings (SSSR count). The lowest BCUT2D eigenvalue weighted by atomic mass is 10.1. The van der Waals surface area contributed by atoms with Crippen LogP contribution in [0.25, 0.3) is 0 Å². The van der Waals surface area contributed by atoms with Crippen molar-refractivity contribution >= 4 is 6.03 Å². The lowest BCUT2D eigenvalue weighted by molar-refractivity contribution is 0.214. The smallest absolute Gasteiger partial charge is 0.317 e. The monoisotopic (exact) mass is 260 g/mol. The normalized spacial score (nSPS) is 11.2. The molecule has 0 aliphatic rings. The summed E-state index contributed by atoms with van der Waals surface area (Å²) in [6, 6.07) is 7.53. The Hall–Kier alpha value is -1.99. The van der Waals surface area contributed by atoms with Crippen molar-refractivity contribution in [1.82, 2.24) is 10.2 Å². The van der Waals surface area contributed by atoms with E-state index in [9.17, 15) is 4.79 Å². The molecule has 19 heavy (non-hydrogen) atoms. The first-order chi connectivity index (χ1) is 9.04. The molecule has 1 aromatic rings. The Morgan fingerprint density at radius 2 is 2.21 bits per heavy atom. The molecule has 1 atom stereocenters. The molecule has 0 fully saturated rings. The number of amides is 2. The van der Waals surface area contributed by atoms with Crippen LogP contribution in [0.4, 0.5) is 4.79 Å². The molecular formula is C15H20N2O2. The number of urea groups is 1. The van der Waals surface area contributed by atoms with Crippen LogP contribution in [0.2, 0.25) is 0 Å². The zero-order valence-corrected chi connectivity index (χ0v) is 11.6. The first-order valence-electron chi connectivity index (χ1n) is 6.22. The van der Waals surface area contributed by atoms with E-state index in [-0.39, 0.29) is 18.7 Å². The molecule has 0 spiro atoms. The largest absolute Gasteiger partial charge is 0.395 e. The number of hydrogen-bond acceptors (Lipinski definition) is 2. The van der Waals surface area contributed by atoms with Crippen LogP contribution in [0.5, 0.6) is 0 Å². The van der Waals surface area contributed by atoms with Gasteiger partial charge in [-0.25, -0.2) is 4.79 Å². The minimum atomic E-state index is -0.121. The maximum absolute atomic E-state index is 11.6. The van der Waals surface area contributed by atoms with E-state index >= 15 is 0 Å². The molecule has 0 aliphatic carbocycles. The second-order valence-electron chi connectivity index (χ2n) is 4.47. The average molecular weight is 260 g/mol. The summed E-state index contributed by atoms with van der Waals surface area (Å²) in [5.41, 5.74) is 1.89. The van der Waals surface area contributed by atoms with Crippen LogP contribution in [0, 0.1) is 11.8 Å². The van der Waals surface area contributed by atoms with Crippen LogP contribution in [0.1, 0.15) is 30.5 Å². The fourth-order valence-electron chi connectivity index (χ4n) is 1.50. The maximum atomic E-state index is 11.6. The third kappa shape index (κ3) is 5.02. The molecule has 4 nitrogen and oxygen atoms in total. The summed E-state index contributed by atoms with van der Waals surface area (Å²) in [7, 11) is 3.41. The summed E-state index contributed by atoms with van der Waals surface area (Å²) < 4.78 is 0. The molecule has 2 N–H and O–H groups in total. The summed E-state index contributed by atoms with van der Waals surface area (Å²) in [5.74, 6) is 5.86. The zero-order valence-electron chi connectivity index (χ0n) is 11.6. The minimum Gasteiger partial charge on any atom is -0.395 e. The van der Waals surface area contributed by atoms with Crippen molar-refractivity contribution in [2.24, 2.45) is 0 Å². The van der Waals surface area contributed by atoms with Crippen LogP contribution in [0.3, 0.4) is 0 Å². The highest BCUT2D eigenvalue weighted by Gasteiger charge is 2.10. The Labute approximate surface area is 114 Å². The molecule has 4 heteroatoms. The number of aliphatic hydroxyl groups is 1. The molecular weight excluding hydrogens is 240 g/mol. The van der Waals surface area contributed by atoms with Gasteiger partial charge in [0.05, 0.1) is 12.6 Å². The number of nitrogens with zero attached hydrogens (tertiary/aromatic N) is 1. The van der Waals surface area contributed by atoms with E-state index in [1.54, 1.807) is 14.1 Å². The molecule has 0 saturated carbocycles. The highest BCUT2D eigenvalue weighted by atomic mass is 16.2. The van der Waals surface area contributed by atoms with Gasteiger partial charge in [-0.3, -0.25) is 0 Å². The summed E-state index contributed by atoms with van der Waals surface area (Å²) in [6.07, 6.45) is 0.469. The van der Waals surface area contributed by atoms with Crippen molar-refractivity contribution in [2.45, 2.75) is 19.4 Å². The Balaban J connectivity index is 2.76. The van der Waals surface area contributed by atoms with Gasteiger partial charge in [0.2, 0.25) is 0 Å². The van der Waals surface area contributed by atoms with Gasteiger partial charge in [-0.1, -0.05) is 24.0 Å². The topological polar surface area (TPSA) is 52.6 Å². The van der Waals surface area contributed by atoms with Crippen molar-refractivity contribution in [3.8, 4) is 11.8 Å². The fraction of sp³-hybridized carbons (Fsp3) is 0.400. The summed E-state index contributed by atoms with van der Waals surface area (Å²) >= 11 is 0. The molecule has 0 aromatic heterocycles. The second kappa shape index (κ2) is 7.45. The number of nitrogens with one attached hydrogen (secondary N) is 1. The van der Waals surface area contributed by atoms with Crippen LogP contribution < -0.4 is 5.32 Å². The summed E-state index contributed by atoms with van der Waals surface area (Å²) in [6.45, 7) is 2.00. The Morgan fingerprint density at radius 1 is 1.47 bits per heavy atom. The third-order valence-corrected chi connectivity index (χ3v) is 2.60. The van der Waals surface area contributed by atoms with Crippen molar-refractivity contribution in [1.29, 1.82) is 0 Å². The van der Waals surface area contributed by atoms with Gasteiger partial charge in [0.25, 0.3) is 0 Å². The van der Waals surface area contributed by atoms with Gasteiger partial charge >= 0.3 is 6.03 Å². The average Bonchev–Trinajstić information content (AvgIpc) is 2.39. The van der Waals surface area contributed by atoms with Gasteiger partial charge < -0.3 is 15.3 Å². The van der Waals surface area contributed by atoms with Crippen LogP contribution in [-0.4, -0.2) is 36.7 Å². The molecule has 1 aromatic carbocycles. The highest BCUT2D eigenvalue weighted by molar-refractivity contribution is 5.74. The second-order valence-corrected chi connectivity index (χ2v) is 4.47. The van der Waals surface area contributed by atoms with Crippen LogP contribution in [0.15, 0.2) is 24.3 Å². The Kier molecular flexibility index (Phi) is 5.91. The third-order valence-electron chi connectivity index (χ3n) is 2.60. The number of rotatable bonds is 3. The van der Waals surface area contributed by atoms with Crippen molar-refractivity contribution in [3.05, 3.63) is 35.4 Å². The Morgan fingerprint density at radius 3 is 2.84 bits per heavy atom. The number of benzene rings is 1. The van der Waals surface area contributed by atoms with Crippen molar-refractivity contribution in [2.75, 3.05) is 20.7 Å². The SMILES string of the molecule is CC(NC(=O)N(C)C)c1cccc(C#CCCO)c1. The van der Waals surface area contributed by atoms with E-state index in [0.29, 0.717) is 6.42 Å². The van der Waals surface area contributed by atoms with E-state index in [2.05, 4.69) is 17.2 Å². The Bertz CT molecular complexity index is 486. The van der Waals surface area contributed by atoms with Crippen LogP contribution in [-0.2, 0) is 0 Å². The molecule has 0 heterocycles. The number of carbonyl (C=O) groups excluding carboxylic acids is 1. The molecule has 0 saturated heterocycles. The highest BCUT2D eigenvalue weighted by Crippen LogP contribution is 2.14. The fourth-order valence-corrected chi connectivity index (χ4v) is 1.50. The minimum absolute atomic E-state index is 0.0714. The lowest BCUT2D eigenvalue weighted by Gasteiger charge is -2.18. The lowest BCUT2D eigenvalue weighted by Crippen LogP contribution is -2.36. The first kappa shape index (κ1) is 15.1. The molecule has 102 valence electrons. The predicted octanol–water partition coefficient (Wildman–Crippen LogP) is 1.75. The maximum Gasteiger partial charge on any atom is 0.317 e. The van der Waals surface area contributed by atoms with Gasteiger partial charge in [0.15, 0.2) is 0 Å². The molecule has 0 aliphatic heterocycles. The van der Waals surface area contributed by atoms with E-state index in [4.69, 9.17) is 5.11 Å². The van der Waals surface area contributed by atoms with E-state index in [1.165, 1.54) is 4.90 Å². The van der Waals surface area contributed by atoms with Gasteiger partial charge in [0, 0.05) is 26.1 Å². The summed E-state index contributed by atoms with van der Waals surface area (Å²) in [5, 5.41) is 11.6. The van der Waals surface area contributed by atoms with Crippen molar-refractivity contribution in [3.63, 3.8) is 0 Å². The number of hydrogen-bond donors (Lipinski definition) is 2. The molecule has 2 amide bonds. The molecule has 0 bridgehead atoms. The van der Waals surface area contributed by atoms with E-state index < -0.39 is 0 Å².